The van der Waals surface area contributed by atoms with Gasteiger partial charge in [-0.3, -0.25) is 0 Å². The van der Waals surface area contributed by atoms with Crippen LogP contribution in [0.2, 0.25) is 0 Å². The molecule has 0 aliphatic carbocycles. The van der Waals surface area contributed by atoms with Gasteiger partial charge >= 0.3 is 11.5 Å². The molecule has 2 rings (SSSR count). The molecule has 0 saturated heterocycles. The van der Waals surface area contributed by atoms with Gasteiger partial charge in [0.2, 0.25) is 0 Å². The van der Waals surface area contributed by atoms with E-state index in [-0.39, 0.29) is 10.8 Å². The molecule has 0 unspecified atom stereocenters. The molecule has 0 aromatic carbocycles. The predicted octanol–water partition coefficient (Wildman–Crippen LogP) is 4.64. The predicted molar refractivity (Wildman–Crippen MR) is 82.5 cm³/mol. The molecule has 0 spiro atoms. The van der Waals surface area contributed by atoms with Gasteiger partial charge in [0.15, 0.2) is 12.4 Å². The van der Waals surface area contributed by atoms with Crippen LogP contribution in [-0.2, 0) is 10.8 Å². The fourth-order valence-corrected chi connectivity index (χ4v) is 1.98. The summed E-state index contributed by atoms with van der Waals surface area (Å²) in [5.41, 5.74) is 2.37. The summed E-state index contributed by atoms with van der Waals surface area (Å²) in [6, 6.07) is 8.44. The molecule has 2 aromatic heterocycles. The normalized spacial score (nSPS) is 12.5. The van der Waals surface area contributed by atoms with Crippen LogP contribution in [-0.4, -0.2) is 0 Å². The van der Waals surface area contributed by atoms with E-state index in [0.717, 1.165) is 11.5 Å². The van der Waals surface area contributed by atoms with Crippen molar-refractivity contribution in [3.05, 3.63) is 48.2 Å². The Morgan fingerprint density at radius 2 is 1.40 bits per heavy atom. The first-order valence-electron chi connectivity index (χ1n) is 7.13. The maximum absolute atomic E-state index is 6.16. The molecule has 2 heterocycles. The molecule has 2 heteroatoms. The number of aromatic nitrogens is 1. The number of H-pyrrole nitrogens is 1. The summed E-state index contributed by atoms with van der Waals surface area (Å²) in [5.74, 6) is 2.03. The molecule has 2 aromatic rings. The summed E-state index contributed by atoms with van der Waals surface area (Å²) in [5, 5.41) is 0. The van der Waals surface area contributed by atoms with Crippen molar-refractivity contribution >= 4 is 0 Å². The molecule has 0 aliphatic rings. The standard InChI is InChI=1S/C18H24NO/c1-17(2,3)15-10-14(13-8-7-9-19-12-13)11-16(20-15)18(4,5)6/h7-12H,1-6H3/q+1/p+1. The summed E-state index contributed by atoms with van der Waals surface area (Å²) in [6.45, 7) is 13.1. The zero-order valence-electron chi connectivity index (χ0n) is 13.4. The summed E-state index contributed by atoms with van der Waals surface area (Å²) >= 11 is 0. The van der Waals surface area contributed by atoms with Crippen molar-refractivity contribution in [3.8, 4) is 11.1 Å². The van der Waals surface area contributed by atoms with Gasteiger partial charge in [0.25, 0.3) is 0 Å². The number of aromatic amines is 1. The zero-order chi connectivity index (χ0) is 15.0. The first-order valence-corrected chi connectivity index (χ1v) is 7.13. The third-order valence-corrected chi connectivity index (χ3v) is 3.31. The molecule has 2 nitrogen and oxygen atoms in total. The van der Waals surface area contributed by atoms with Gasteiger partial charge in [-0.1, -0.05) is 0 Å². The lowest BCUT2D eigenvalue weighted by molar-refractivity contribution is -0.377. The van der Waals surface area contributed by atoms with Crippen LogP contribution in [0.25, 0.3) is 11.1 Å². The van der Waals surface area contributed by atoms with Gasteiger partial charge in [-0.05, 0) is 47.6 Å². The molecule has 0 aliphatic heterocycles. The highest BCUT2D eigenvalue weighted by Crippen LogP contribution is 2.33. The number of pyridine rings is 1. The minimum absolute atomic E-state index is 0.00545. The van der Waals surface area contributed by atoms with Crippen molar-refractivity contribution in [3.63, 3.8) is 0 Å². The van der Waals surface area contributed by atoms with E-state index >= 15 is 0 Å². The second-order valence-corrected chi connectivity index (χ2v) is 7.37. The summed E-state index contributed by atoms with van der Waals surface area (Å²) in [4.78, 5) is 3.15. The van der Waals surface area contributed by atoms with Gasteiger partial charge in [0, 0.05) is 29.3 Å². The van der Waals surface area contributed by atoms with E-state index in [1.807, 2.05) is 18.5 Å². The van der Waals surface area contributed by atoms with Gasteiger partial charge in [0.1, 0.15) is 0 Å². The van der Waals surface area contributed by atoms with Crippen LogP contribution in [0.5, 0.6) is 0 Å². The fraction of sp³-hybridized carbons (Fsp3) is 0.444. The third-order valence-electron chi connectivity index (χ3n) is 3.31. The lowest BCUT2D eigenvalue weighted by Gasteiger charge is -2.14. The monoisotopic (exact) mass is 271 g/mol. The van der Waals surface area contributed by atoms with Crippen molar-refractivity contribution in [2.24, 2.45) is 0 Å². The zero-order valence-corrected chi connectivity index (χ0v) is 13.4. The second-order valence-electron chi connectivity index (χ2n) is 7.37. The highest BCUT2D eigenvalue weighted by Gasteiger charge is 2.34. The minimum atomic E-state index is -0.00545. The number of hydrogen-bond acceptors (Lipinski definition) is 0. The largest absolute Gasteiger partial charge is 0.335 e. The first-order chi connectivity index (χ1) is 9.18. The van der Waals surface area contributed by atoms with Crippen molar-refractivity contribution in [2.75, 3.05) is 0 Å². The van der Waals surface area contributed by atoms with Crippen LogP contribution < -0.4 is 4.98 Å². The SMILES string of the molecule is CC(C)(C)c1cc(-c2ccc[nH+]c2)cc(C(C)(C)C)[o+]1. The van der Waals surface area contributed by atoms with E-state index in [1.165, 1.54) is 11.1 Å². The maximum atomic E-state index is 6.16. The molecule has 0 bridgehead atoms. The number of hydrogen-bond donors (Lipinski definition) is 0. The van der Waals surface area contributed by atoms with Gasteiger partial charge in [-0.2, -0.15) is 0 Å². The Bertz CT molecular complexity index is 557. The third kappa shape index (κ3) is 3.24. The molecular weight excluding hydrogens is 246 g/mol. The Morgan fingerprint density at radius 1 is 0.850 bits per heavy atom. The van der Waals surface area contributed by atoms with E-state index in [1.54, 1.807) is 0 Å². The number of rotatable bonds is 1. The van der Waals surface area contributed by atoms with Crippen molar-refractivity contribution in [1.29, 1.82) is 0 Å². The Morgan fingerprint density at radius 3 is 1.80 bits per heavy atom. The van der Waals surface area contributed by atoms with Gasteiger partial charge in [-0.15, -0.1) is 0 Å². The highest BCUT2D eigenvalue weighted by atomic mass is 16.3. The molecule has 0 radical (unpaired) electrons. The van der Waals surface area contributed by atoms with Gasteiger partial charge < -0.3 is 0 Å². The fourth-order valence-electron chi connectivity index (χ4n) is 1.98. The van der Waals surface area contributed by atoms with Crippen LogP contribution in [0.4, 0.5) is 0 Å². The molecule has 0 saturated carbocycles. The minimum Gasteiger partial charge on any atom is -0.217 e. The van der Waals surface area contributed by atoms with Crippen LogP contribution in [0.15, 0.2) is 41.1 Å². The maximum Gasteiger partial charge on any atom is 0.335 e. The molecule has 0 fully saturated rings. The van der Waals surface area contributed by atoms with Crippen molar-refractivity contribution in [2.45, 2.75) is 52.4 Å². The lowest BCUT2D eigenvalue weighted by Crippen LogP contribution is -2.16. The summed E-state index contributed by atoms with van der Waals surface area (Å²) in [7, 11) is 0. The van der Waals surface area contributed by atoms with Crippen LogP contribution in [0.1, 0.15) is 53.1 Å². The average Bonchev–Trinajstić information content (AvgIpc) is 2.37. The quantitative estimate of drug-likeness (QED) is 0.694. The van der Waals surface area contributed by atoms with E-state index < -0.39 is 0 Å². The summed E-state index contributed by atoms with van der Waals surface area (Å²) < 4.78 is 6.16. The summed E-state index contributed by atoms with van der Waals surface area (Å²) in [6.07, 6.45) is 3.94. The molecule has 20 heavy (non-hydrogen) atoms. The van der Waals surface area contributed by atoms with E-state index in [0.29, 0.717) is 0 Å². The Hall–Kier alpha value is -1.70. The van der Waals surface area contributed by atoms with E-state index in [2.05, 4.69) is 64.7 Å². The van der Waals surface area contributed by atoms with Gasteiger partial charge in [0.05, 0.1) is 10.8 Å². The van der Waals surface area contributed by atoms with Crippen LogP contribution >= 0.6 is 0 Å². The van der Waals surface area contributed by atoms with Crippen molar-refractivity contribution < 1.29 is 9.40 Å². The lowest BCUT2D eigenvalue weighted by atomic mass is 9.88. The van der Waals surface area contributed by atoms with Crippen LogP contribution in [0.3, 0.4) is 0 Å². The van der Waals surface area contributed by atoms with Crippen LogP contribution in [0, 0.1) is 0 Å². The van der Waals surface area contributed by atoms with E-state index in [9.17, 15) is 0 Å². The topological polar surface area (TPSA) is 25.4 Å². The molecule has 0 atom stereocenters. The molecule has 0 amide bonds. The molecular formula is C18H25NO+2. The smallest absolute Gasteiger partial charge is 0.217 e. The average molecular weight is 271 g/mol. The molecule has 1 N–H and O–H groups in total. The van der Waals surface area contributed by atoms with Gasteiger partial charge in [-0.25, -0.2) is 9.40 Å². The van der Waals surface area contributed by atoms with E-state index in [4.69, 9.17) is 4.42 Å². The second kappa shape index (κ2) is 5.01. The Labute approximate surface area is 121 Å². The molecule has 106 valence electrons. The van der Waals surface area contributed by atoms with Crippen molar-refractivity contribution in [1.82, 2.24) is 0 Å². The highest BCUT2D eigenvalue weighted by molar-refractivity contribution is 5.62. The Balaban J connectivity index is 2.64. The Kier molecular flexibility index (Phi) is 3.68. The number of nitrogens with one attached hydrogen (secondary N) is 1. The first kappa shape index (κ1) is 14.7.